The predicted octanol–water partition coefficient (Wildman–Crippen LogP) is 1.83. The van der Waals surface area contributed by atoms with E-state index in [-0.39, 0.29) is 18.5 Å². The molecule has 0 aliphatic heterocycles. The fourth-order valence-electron chi connectivity index (χ4n) is 1.95. The summed E-state index contributed by atoms with van der Waals surface area (Å²) in [5.74, 6) is -0.0874. The molecular weight excluding hydrogens is 264 g/mol. The zero-order valence-electron chi connectivity index (χ0n) is 11.6. The smallest absolute Gasteiger partial charge is 0.234 e. The van der Waals surface area contributed by atoms with Gasteiger partial charge in [0.05, 0.1) is 18.7 Å². The van der Waals surface area contributed by atoms with Gasteiger partial charge in [-0.25, -0.2) is 0 Å². The van der Waals surface area contributed by atoms with E-state index in [4.69, 9.17) is 11.6 Å². The SMILES string of the molecule is CC(O)CN(C)CC(=O)NC(C)c1ccccc1Cl. The molecule has 0 aromatic heterocycles. The van der Waals surface area contributed by atoms with E-state index >= 15 is 0 Å². The third-order valence-electron chi connectivity index (χ3n) is 2.74. The molecule has 2 atom stereocenters. The number of carbonyl (C=O) groups is 1. The van der Waals surface area contributed by atoms with Crippen LogP contribution in [0.25, 0.3) is 0 Å². The molecular formula is C14H21ClN2O2. The van der Waals surface area contributed by atoms with Crippen molar-refractivity contribution in [3.8, 4) is 0 Å². The first kappa shape index (κ1) is 16.0. The number of amides is 1. The van der Waals surface area contributed by atoms with Gasteiger partial charge in [0, 0.05) is 11.6 Å². The van der Waals surface area contributed by atoms with Gasteiger partial charge in [0.25, 0.3) is 0 Å². The molecule has 106 valence electrons. The van der Waals surface area contributed by atoms with E-state index in [1.807, 2.05) is 25.1 Å². The average Bonchev–Trinajstić information content (AvgIpc) is 2.27. The summed E-state index contributed by atoms with van der Waals surface area (Å²) in [4.78, 5) is 13.6. The summed E-state index contributed by atoms with van der Waals surface area (Å²) in [6.45, 7) is 4.31. The van der Waals surface area contributed by atoms with Gasteiger partial charge < -0.3 is 10.4 Å². The van der Waals surface area contributed by atoms with E-state index in [1.165, 1.54) is 0 Å². The first-order valence-electron chi connectivity index (χ1n) is 6.30. The maximum Gasteiger partial charge on any atom is 0.234 e. The number of nitrogens with zero attached hydrogens (tertiary/aromatic N) is 1. The highest BCUT2D eigenvalue weighted by atomic mass is 35.5. The molecule has 0 saturated carbocycles. The summed E-state index contributed by atoms with van der Waals surface area (Å²) in [5.41, 5.74) is 0.899. The van der Waals surface area contributed by atoms with Crippen LogP contribution >= 0.6 is 11.6 Å². The molecule has 1 amide bonds. The second-order valence-electron chi connectivity index (χ2n) is 4.86. The van der Waals surface area contributed by atoms with Crippen LogP contribution in [0.4, 0.5) is 0 Å². The lowest BCUT2D eigenvalue weighted by molar-refractivity contribution is -0.122. The van der Waals surface area contributed by atoms with Crippen molar-refractivity contribution in [1.82, 2.24) is 10.2 Å². The van der Waals surface area contributed by atoms with Crippen molar-refractivity contribution in [2.45, 2.75) is 26.0 Å². The number of benzene rings is 1. The molecule has 0 fully saturated rings. The number of nitrogens with one attached hydrogen (secondary N) is 1. The lowest BCUT2D eigenvalue weighted by atomic mass is 10.1. The Morgan fingerprint density at radius 1 is 1.42 bits per heavy atom. The van der Waals surface area contributed by atoms with Gasteiger partial charge in [-0.05, 0) is 32.5 Å². The monoisotopic (exact) mass is 284 g/mol. The summed E-state index contributed by atoms with van der Waals surface area (Å²) in [6, 6.07) is 7.31. The van der Waals surface area contributed by atoms with E-state index in [2.05, 4.69) is 5.32 Å². The van der Waals surface area contributed by atoms with Crippen LogP contribution in [0.2, 0.25) is 5.02 Å². The Bertz CT molecular complexity index is 424. The van der Waals surface area contributed by atoms with Crippen molar-refractivity contribution in [1.29, 1.82) is 0 Å². The number of hydrogen-bond donors (Lipinski definition) is 2. The normalized spacial score (nSPS) is 14.2. The number of halogens is 1. The topological polar surface area (TPSA) is 52.6 Å². The minimum atomic E-state index is -0.446. The van der Waals surface area contributed by atoms with Crippen molar-refractivity contribution >= 4 is 17.5 Å². The number of aliphatic hydroxyl groups excluding tert-OH is 1. The highest BCUT2D eigenvalue weighted by molar-refractivity contribution is 6.31. The van der Waals surface area contributed by atoms with Gasteiger partial charge in [-0.1, -0.05) is 29.8 Å². The van der Waals surface area contributed by atoms with Crippen LogP contribution in [-0.4, -0.2) is 42.2 Å². The second kappa shape index (κ2) is 7.48. The fraction of sp³-hybridized carbons (Fsp3) is 0.500. The summed E-state index contributed by atoms with van der Waals surface area (Å²) < 4.78 is 0. The highest BCUT2D eigenvalue weighted by Gasteiger charge is 2.14. The van der Waals surface area contributed by atoms with Crippen molar-refractivity contribution in [3.05, 3.63) is 34.9 Å². The molecule has 4 nitrogen and oxygen atoms in total. The summed E-state index contributed by atoms with van der Waals surface area (Å²) >= 11 is 6.08. The summed E-state index contributed by atoms with van der Waals surface area (Å²) in [5, 5.41) is 12.8. The predicted molar refractivity (Wildman–Crippen MR) is 77.2 cm³/mol. The zero-order valence-corrected chi connectivity index (χ0v) is 12.3. The molecule has 1 aromatic carbocycles. The Morgan fingerprint density at radius 2 is 2.05 bits per heavy atom. The Balaban J connectivity index is 2.51. The second-order valence-corrected chi connectivity index (χ2v) is 5.26. The average molecular weight is 285 g/mol. The van der Waals surface area contributed by atoms with E-state index in [0.717, 1.165) is 5.56 Å². The van der Waals surface area contributed by atoms with Crippen molar-refractivity contribution in [2.75, 3.05) is 20.1 Å². The van der Waals surface area contributed by atoms with Crippen LogP contribution < -0.4 is 5.32 Å². The molecule has 19 heavy (non-hydrogen) atoms. The zero-order chi connectivity index (χ0) is 14.4. The lowest BCUT2D eigenvalue weighted by Gasteiger charge is -2.20. The molecule has 2 N–H and O–H groups in total. The number of carbonyl (C=O) groups excluding carboxylic acids is 1. The van der Waals surface area contributed by atoms with Crippen molar-refractivity contribution in [3.63, 3.8) is 0 Å². The van der Waals surface area contributed by atoms with E-state index in [9.17, 15) is 9.90 Å². The van der Waals surface area contributed by atoms with Crippen LogP contribution in [0.15, 0.2) is 24.3 Å². The molecule has 0 aliphatic rings. The van der Waals surface area contributed by atoms with Gasteiger partial charge in [0.2, 0.25) is 5.91 Å². The third kappa shape index (κ3) is 5.59. The van der Waals surface area contributed by atoms with Crippen molar-refractivity contribution in [2.24, 2.45) is 0 Å². The Kier molecular flexibility index (Phi) is 6.28. The number of hydrogen-bond acceptors (Lipinski definition) is 3. The molecule has 5 heteroatoms. The van der Waals surface area contributed by atoms with Gasteiger partial charge in [-0.3, -0.25) is 9.69 Å². The lowest BCUT2D eigenvalue weighted by Crippen LogP contribution is -2.39. The molecule has 0 heterocycles. The van der Waals surface area contributed by atoms with Crippen LogP contribution in [-0.2, 0) is 4.79 Å². The molecule has 1 aromatic rings. The van der Waals surface area contributed by atoms with Crippen LogP contribution in [0.5, 0.6) is 0 Å². The summed E-state index contributed by atoms with van der Waals surface area (Å²) in [7, 11) is 1.80. The van der Waals surface area contributed by atoms with Gasteiger partial charge in [-0.15, -0.1) is 0 Å². The maximum absolute atomic E-state index is 11.9. The van der Waals surface area contributed by atoms with E-state index < -0.39 is 6.10 Å². The van der Waals surface area contributed by atoms with Gasteiger partial charge in [0.15, 0.2) is 0 Å². The minimum absolute atomic E-state index is 0.0874. The number of likely N-dealkylation sites (N-methyl/N-ethyl adjacent to an activating group) is 1. The van der Waals surface area contributed by atoms with Crippen LogP contribution in [0.1, 0.15) is 25.5 Å². The largest absolute Gasteiger partial charge is 0.392 e. The van der Waals surface area contributed by atoms with Crippen LogP contribution in [0.3, 0.4) is 0 Å². The first-order chi connectivity index (χ1) is 8.90. The first-order valence-corrected chi connectivity index (χ1v) is 6.68. The fourth-order valence-corrected chi connectivity index (χ4v) is 2.25. The van der Waals surface area contributed by atoms with E-state index in [1.54, 1.807) is 24.9 Å². The van der Waals surface area contributed by atoms with Crippen LogP contribution in [0, 0.1) is 0 Å². The number of rotatable bonds is 6. The highest BCUT2D eigenvalue weighted by Crippen LogP contribution is 2.21. The Labute approximate surface area is 119 Å². The third-order valence-corrected chi connectivity index (χ3v) is 3.08. The molecule has 0 saturated heterocycles. The van der Waals surface area contributed by atoms with Gasteiger partial charge >= 0.3 is 0 Å². The molecule has 0 bridgehead atoms. The quantitative estimate of drug-likeness (QED) is 0.838. The molecule has 1 rings (SSSR count). The van der Waals surface area contributed by atoms with Gasteiger partial charge in [0.1, 0.15) is 0 Å². The summed E-state index contributed by atoms with van der Waals surface area (Å²) in [6.07, 6.45) is -0.446. The van der Waals surface area contributed by atoms with Gasteiger partial charge in [-0.2, -0.15) is 0 Å². The Hall–Kier alpha value is -1.10. The molecule has 0 radical (unpaired) electrons. The maximum atomic E-state index is 11.9. The Morgan fingerprint density at radius 3 is 2.63 bits per heavy atom. The number of aliphatic hydroxyl groups is 1. The minimum Gasteiger partial charge on any atom is -0.392 e. The van der Waals surface area contributed by atoms with Crippen molar-refractivity contribution < 1.29 is 9.90 Å². The molecule has 0 spiro atoms. The van der Waals surface area contributed by atoms with E-state index in [0.29, 0.717) is 11.6 Å². The standard InChI is InChI=1S/C14H21ClN2O2/c1-10(18)8-17(3)9-14(19)16-11(2)12-6-4-5-7-13(12)15/h4-7,10-11,18H,8-9H2,1-3H3,(H,16,19). The molecule has 2 unspecified atom stereocenters. The molecule has 0 aliphatic carbocycles.